The maximum atomic E-state index is 5.53. The Balaban J connectivity index is 2.03. The van der Waals surface area contributed by atoms with Crippen molar-refractivity contribution in [2.75, 3.05) is 13.2 Å². The minimum Gasteiger partial charge on any atom is -0.377 e. The van der Waals surface area contributed by atoms with Gasteiger partial charge in [-0.1, -0.05) is 0 Å². The highest BCUT2D eigenvalue weighted by Crippen LogP contribution is 2.18. The molecule has 0 radical (unpaired) electrons. The highest BCUT2D eigenvalue weighted by molar-refractivity contribution is 4.81. The summed E-state index contributed by atoms with van der Waals surface area (Å²) in [7, 11) is 0. The van der Waals surface area contributed by atoms with Gasteiger partial charge in [0.05, 0.1) is 6.10 Å². The first-order valence-electron chi connectivity index (χ1n) is 3.80. The summed E-state index contributed by atoms with van der Waals surface area (Å²) in [6.45, 7) is 2.06. The Hall–Kier alpha value is -0.0800. The lowest BCUT2D eigenvalue weighted by atomic mass is 10.0. The van der Waals surface area contributed by atoms with Crippen LogP contribution in [0, 0.1) is 0 Å². The molecule has 1 N–H and O–H groups in total. The number of nitrogens with one attached hydrogen (secondary N) is 1. The van der Waals surface area contributed by atoms with Crippen LogP contribution in [0.1, 0.15) is 19.3 Å². The van der Waals surface area contributed by atoms with E-state index in [2.05, 4.69) is 5.32 Å². The van der Waals surface area contributed by atoms with Crippen LogP contribution in [-0.4, -0.2) is 25.3 Å². The summed E-state index contributed by atoms with van der Waals surface area (Å²) in [6, 6.07) is 0.767. The minimum absolute atomic E-state index is 0.531. The molecule has 2 unspecified atom stereocenters. The average molecular weight is 127 g/mol. The van der Waals surface area contributed by atoms with Crippen LogP contribution in [0.25, 0.3) is 0 Å². The summed E-state index contributed by atoms with van der Waals surface area (Å²) in [5.41, 5.74) is 0. The van der Waals surface area contributed by atoms with Crippen molar-refractivity contribution in [3.63, 3.8) is 0 Å². The molecule has 0 aromatic rings. The van der Waals surface area contributed by atoms with E-state index in [1.807, 2.05) is 0 Å². The van der Waals surface area contributed by atoms with E-state index in [9.17, 15) is 0 Å². The van der Waals surface area contributed by atoms with Crippen LogP contribution in [0.15, 0.2) is 0 Å². The molecule has 2 heteroatoms. The van der Waals surface area contributed by atoms with Crippen molar-refractivity contribution >= 4 is 0 Å². The van der Waals surface area contributed by atoms with Crippen molar-refractivity contribution in [3.05, 3.63) is 0 Å². The van der Waals surface area contributed by atoms with Crippen molar-refractivity contribution < 1.29 is 4.74 Å². The number of piperidine rings is 1. The third-order valence-electron chi connectivity index (χ3n) is 2.29. The maximum Gasteiger partial charge on any atom is 0.0700 e. The van der Waals surface area contributed by atoms with Crippen LogP contribution in [0.2, 0.25) is 0 Å². The number of hydrogen-bond acceptors (Lipinski definition) is 2. The molecule has 9 heavy (non-hydrogen) atoms. The highest BCUT2D eigenvalue weighted by atomic mass is 16.5. The van der Waals surface area contributed by atoms with Gasteiger partial charge in [0.25, 0.3) is 0 Å². The van der Waals surface area contributed by atoms with E-state index in [4.69, 9.17) is 4.74 Å². The maximum absolute atomic E-state index is 5.53. The van der Waals surface area contributed by atoms with Crippen molar-refractivity contribution in [1.29, 1.82) is 0 Å². The van der Waals surface area contributed by atoms with Crippen LogP contribution in [0.5, 0.6) is 0 Å². The topological polar surface area (TPSA) is 21.3 Å². The van der Waals surface area contributed by atoms with Crippen molar-refractivity contribution in [3.8, 4) is 0 Å². The van der Waals surface area contributed by atoms with E-state index in [1.165, 1.54) is 19.3 Å². The predicted molar refractivity (Wildman–Crippen MR) is 35.4 cm³/mol. The van der Waals surface area contributed by atoms with Gasteiger partial charge in [-0.25, -0.2) is 0 Å². The zero-order valence-electron chi connectivity index (χ0n) is 5.60. The number of fused-ring (bicyclic) bond motifs is 4. The molecule has 0 aromatic heterocycles. The van der Waals surface area contributed by atoms with E-state index >= 15 is 0 Å². The van der Waals surface area contributed by atoms with E-state index in [0.29, 0.717) is 6.10 Å². The second-order valence-corrected chi connectivity index (χ2v) is 2.96. The second-order valence-electron chi connectivity index (χ2n) is 2.96. The fraction of sp³-hybridized carbons (Fsp3) is 1.00. The Kier molecular flexibility index (Phi) is 1.44. The fourth-order valence-corrected chi connectivity index (χ4v) is 1.65. The molecule has 0 aliphatic carbocycles. The summed E-state index contributed by atoms with van der Waals surface area (Å²) >= 11 is 0. The summed E-state index contributed by atoms with van der Waals surface area (Å²) in [6.07, 6.45) is 4.35. The van der Waals surface area contributed by atoms with Crippen LogP contribution >= 0.6 is 0 Å². The van der Waals surface area contributed by atoms with Crippen LogP contribution in [-0.2, 0) is 4.74 Å². The van der Waals surface area contributed by atoms with E-state index < -0.39 is 0 Å². The van der Waals surface area contributed by atoms with Gasteiger partial charge in [-0.05, 0) is 19.3 Å². The molecule has 0 amide bonds. The van der Waals surface area contributed by atoms with Crippen LogP contribution in [0.4, 0.5) is 0 Å². The zero-order chi connectivity index (χ0) is 6.10. The molecule has 0 spiro atoms. The molecule has 2 atom stereocenters. The fourth-order valence-electron chi connectivity index (χ4n) is 1.65. The van der Waals surface area contributed by atoms with Crippen LogP contribution in [0.3, 0.4) is 0 Å². The van der Waals surface area contributed by atoms with Gasteiger partial charge in [-0.2, -0.15) is 0 Å². The molecule has 3 aliphatic rings. The Labute approximate surface area is 55.6 Å². The molecule has 2 bridgehead atoms. The number of ether oxygens (including phenoxy) is 1. The molecule has 2 nitrogen and oxygen atoms in total. The standard InChI is InChI=1S/C7H13NO/c1-2-7-5-8-6(1)3-4-9-7/h6-8H,1-5H2. The molecule has 3 heterocycles. The average Bonchev–Trinajstić information content (AvgIpc) is 2.21. The summed E-state index contributed by atoms with van der Waals surface area (Å²) in [5.74, 6) is 0. The van der Waals surface area contributed by atoms with Gasteiger partial charge in [0.2, 0.25) is 0 Å². The second kappa shape index (κ2) is 2.27. The zero-order valence-corrected chi connectivity index (χ0v) is 5.60. The molecular formula is C7H13NO. The normalized spacial score (nSPS) is 42.7. The van der Waals surface area contributed by atoms with E-state index in [1.54, 1.807) is 0 Å². The molecule has 3 aliphatic heterocycles. The van der Waals surface area contributed by atoms with Gasteiger partial charge in [0.15, 0.2) is 0 Å². The first-order chi connectivity index (χ1) is 4.45. The van der Waals surface area contributed by atoms with Gasteiger partial charge in [-0.3, -0.25) is 0 Å². The molecule has 3 fully saturated rings. The Bertz CT molecular complexity index is 79.6. The first-order valence-corrected chi connectivity index (χ1v) is 3.80. The Morgan fingerprint density at radius 2 is 2.22 bits per heavy atom. The highest BCUT2D eigenvalue weighted by Gasteiger charge is 2.24. The molecule has 52 valence electrons. The molecular weight excluding hydrogens is 114 g/mol. The predicted octanol–water partition coefficient (Wildman–Crippen LogP) is 0.527. The van der Waals surface area contributed by atoms with Gasteiger partial charge >= 0.3 is 0 Å². The summed E-state index contributed by atoms with van der Waals surface area (Å²) in [5, 5.41) is 3.46. The van der Waals surface area contributed by atoms with E-state index in [-0.39, 0.29) is 0 Å². The lowest BCUT2D eigenvalue weighted by Gasteiger charge is -2.23. The quantitative estimate of drug-likeness (QED) is 0.512. The lowest BCUT2D eigenvalue weighted by molar-refractivity contribution is 0.0637. The SMILES string of the molecule is C1CC2CCC(CN2)O1. The van der Waals surface area contributed by atoms with Crippen molar-refractivity contribution in [1.82, 2.24) is 5.32 Å². The van der Waals surface area contributed by atoms with Crippen LogP contribution < -0.4 is 5.32 Å². The van der Waals surface area contributed by atoms with Gasteiger partial charge in [0, 0.05) is 19.2 Å². The summed E-state index contributed by atoms with van der Waals surface area (Å²) in [4.78, 5) is 0. The van der Waals surface area contributed by atoms with Gasteiger partial charge < -0.3 is 10.1 Å². The minimum atomic E-state index is 0.531. The lowest BCUT2D eigenvalue weighted by Crippen LogP contribution is -2.38. The molecule has 0 saturated carbocycles. The number of rotatable bonds is 0. The van der Waals surface area contributed by atoms with Crippen molar-refractivity contribution in [2.24, 2.45) is 0 Å². The summed E-state index contributed by atoms with van der Waals surface area (Å²) < 4.78 is 5.53. The smallest absolute Gasteiger partial charge is 0.0700 e. The van der Waals surface area contributed by atoms with Gasteiger partial charge in [0.1, 0.15) is 0 Å². The third-order valence-corrected chi connectivity index (χ3v) is 2.29. The Morgan fingerprint density at radius 1 is 1.22 bits per heavy atom. The molecule has 3 rings (SSSR count). The third kappa shape index (κ3) is 1.10. The monoisotopic (exact) mass is 127 g/mol. The first kappa shape index (κ1) is 5.69. The van der Waals surface area contributed by atoms with E-state index in [0.717, 1.165) is 19.2 Å². The molecule has 0 aromatic carbocycles. The largest absolute Gasteiger partial charge is 0.377 e. The van der Waals surface area contributed by atoms with Crippen molar-refractivity contribution in [2.45, 2.75) is 31.4 Å². The van der Waals surface area contributed by atoms with Gasteiger partial charge in [-0.15, -0.1) is 0 Å². The Morgan fingerprint density at radius 3 is 3.00 bits per heavy atom. The molecule has 3 saturated heterocycles. The number of hydrogen-bond donors (Lipinski definition) is 1.